The Morgan fingerprint density at radius 3 is 2.80 bits per heavy atom. The van der Waals surface area contributed by atoms with Gasteiger partial charge in [-0.25, -0.2) is 13.1 Å². The highest BCUT2D eigenvalue weighted by atomic mass is 32.2. The molecule has 1 fully saturated rings. The first-order valence-electron chi connectivity index (χ1n) is 6.00. The van der Waals surface area contributed by atoms with Crippen LogP contribution in [0.15, 0.2) is 10.3 Å². The van der Waals surface area contributed by atoms with E-state index in [4.69, 9.17) is 4.74 Å². The standard InChI is InChI=1S/C10H15N3O5S2/c1-11-10-8(13(14)15)5-9(19-10)20(16,17)12-7-3-2-4-18-6-7/h5,7,11-12H,2-4,6H2,1H3. The van der Waals surface area contributed by atoms with Gasteiger partial charge in [0.2, 0.25) is 0 Å². The summed E-state index contributed by atoms with van der Waals surface area (Å²) in [4.78, 5) is 10.2. The van der Waals surface area contributed by atoms with Gasteiger partial charge in [-0.1, -0.05) is 11.3 Å². The van der Waals surface area contributed by atoms with E-state index in [1.807, 2.05) is 0 Å². The van der Waals surface area contributed by atoms with Crippen molar-refractivity contribution in [1.29, 1.82) is 0 Å². The number of sulfonamides is 1. The zero-order valence-corrected chi connectivity index (χ0v) is 12.4. The van der Waals surface area contributed by atoms with Gasteiger partial charge in [0.05, 0.1) is 11.5 Å². The molecule has 1 atom stereocenters. The molecule has 1 aliphatic rings. The molecule has 1 aromatic heterocycles. The zero-order chi connectivity index (χ0) is 14.8. The molecule has 20 heavy (non-hydrogen) atoms. The third kappa shape index (κ3) is 3.26. The van der Waals surface area contributed by atoms with E-state index in [1.165, 1.54) is 7.05 Å². The molecule has 2 heterocycles. The molecule has 2 N–H and O–H groups in total. The van der Waals surface area contributed by atoms with Crippen LogP contribution in [0.3, 0.4) is 0 Å². The molecule has 112 valence electrons. The monoisotopic (exact) mass is 321 g/mol. The first-order valence-corrected chi connectivity index (χ1v) is 8.30. The number of ether oxygens (including phenoxy) is 1. The predicted molar refractivity (Wildman–Crippen MR) is 74.7 cm³/mol. The minimum absolute atomic E-state index is 0.0703. The van der Waals surface area contributed by atoms with Crippen LogP contribution in [-0.2, 0) is 14.8 Å². The normalized spacial score (nSPS) is 19.8. The van der Waals surface area contributed by atoms with E-state index in [0.717, 1.165) is 23.8 Å². The van der Waals surface area contributed by atoms with Crippen LogP contribution in [0.2, 0.25) is 0 Å². The molecular formula is C10H15N3O5S2. The number of nitrogens with one attached hydrogen (secondary N) is 2. The molecule has 1 unspecified atom stereocenters. The Morgan fingerprint density at radius 2 is 2.30 bits per heavy atom. The Labute approximate surface area is 120 Å². The van der Waals surface area contributed by atoms with Crippen LogP contribution in [0.4, 0.5) is 10.7 Å². The summed E-state index contributed by atoms with van der Waals surface area (Å²) >= 11 is 0.839. The molecule has 8 nitrogen and oxygen atoms in total. The van der Waals surface area contributed by atoms with Gasteiger partial charge in [0.1, 0.15) is 4.21 Å². The fourth-order valence-corrected chi connectivity index (χ4v) is 4.47. The first kappa shape index (κ1) is 15.2. The number of anilines is 1. The van der Waals surface area contributed by atoms with Crippen LogP contribution in [0, 0.1) is 10.1 Å². The molecule has 0 aromatic carbocycles. The van der Waals surface area contributed by atoms with Crippen LogP contribution < -0.4 is 10.0 Å². The number of nitro groups is 1. The number of hydrogen-bond acceptors (Lipinski definition) is 7. The second-order valence-corrected chi connectivity index (χ2v) is 7.32. The molecule has 1 saturated heterocycles. The van der Waals surface area contributed by atoms with Crippen LogP contribution in [0.1, 0.15) is 12.8 Å². The summed E-state index contributed by atoms with van der Waals surface area (Å²) in [7, 11) is -2.25. The Bertz CT molecular complexity index is 592. The Balaban J connectivity index is 2.22. The summed E-state index contributed by atoms with van der Waals surface area (Å²) in [5.41, 5.74) is -0.238. The molecule has 0 saturated carbocycles. The largest absolute Gasteiger partial charge is 0.380 e. The lowest BCUT2D eigenvalue weighted by atomic mass is 10.1. The second kappa shape index (κ2) is 6.04. The van der Waals surface area contributed by atoms with Crippen LogP contribution in [0.5, 0.6) is 0 Å². The summed E-state index contributed by atoms with van der Waals surface area (Å²) < 4.78 is 32.1. The smallest absolute Gasteiger partial charge is 0.304 e. The van der Waals surface area contributed by atoms with Gasteiger partial charge in [-0.15, -0.1) is 0 Å². The summed E-state index contributed by atoms with van der Waals surface area (Å²) in [6.07, 6.45) is 1.49. The maximum Gasteiger partial charge on any atom is 0.304 e. The molecule has 0 radical (unpaired) electrons. The van der Waals surface area contributed by atoms with E-state index >= 15 is 0 Å². The molecule has 0 aliphatic carbocycles. The third-order valence-corrected chi connectivity index (χ3v) is 6.00. The maximum absolute atomic E-state index is 12.2. The highest BCUT2D eigenvalue weighted by Crippen LogP contribution is 2.36. The van der Waals surface area contributed by atoms with Gasteiger partial charge in [0.25, 0.3) is 10.0 Å². The number of rotatable bonds is 5. The summed E-state index contributed by atoms with van der Waals surface area (Å²) in [6.45, 7) is 0.957. The molecule has 2 rings (SSSR count). The van der Waals surface area contributed by atoms with Crippen molar-refractivity contribution >= 4 is 32.0 Å². The van der Waals surface area contributed by atoms with Crippen molar-refractivity contribution in [3.05, 3.63) is 16.2 Å². The quantitative estimate of drug-likeness (QED) is 0.622. The van der Waals surface area contributed by atoms with Crippen molar-refractivity contribution in [3.63, 3.8) is 0 Å². The van der Waals surface area contributed by atoms with Gasteiger partial charge < -0.3 is 10.1 Å². The lowest BCUT2D eigenvalue weighted by Crippen LogP contribution is -2.40. The van der Waals surface area contributed by atoms with E-state index in [9.17, 15) is 18.5 Å². The van der Waals surface area contributed by atoms with Crippen LogP contribution in [0.25, 0.3) is 0 Å². The van der Waals surface area contributed by atoms with E-state index < -0.39 is 14.9 Å². The molecule has 0 bridgehead atoms. The minimum atomic E-state index is -3.76. The molecule has 1 aliphatic heterocycles. The second-order valence-electron chi connectivity index (χ2n) is 4.32. The van der Waals surface area contributed by atoms with Gasteiger partial charge in [0.15, 0.2) is 5.00 Å². The summed E-state index contributed by atoms with van der Waals surface area (Å²) in [6, 6.07) is 0.788. The Kier molecular flexibility index (Phi) is 4.58. The van der Waals surface area contributed by atoms with Gasteiger partial charge in [-0.2, -0.15) is 0 Å². The lowest BCUT2D eigenvalue weighted by Gasteiger charge is -2.22. The SMILES string of the molecule is CNc1sc(S(=O)(=O)NC2CCCOC2)cc1[N+](=O)[O-]. The third-order valence-electron chi connectivity index (χ3n) is 2.86. The predicted octanol–water partition coefficient (Wildman–Crippen LogP) is 1.16. The maximum atomic E-state index is 12.2. The number of nitrogens with zero attached hydrogens (tertiary/aromatic N) is 1. The topological polar surface area (TPSA) is 111 Å². The fourth-order valence-electron chi connectivity index (χ4n) is 1.92. The van der Waals surface area contributed by atoms with Crippen molar-refractivity contribution in [1.82, 2.24) is 4.72 Å². The number of hydrogen-bond donors (Lipinski definition) is 2. The fraction of sp³-hybridized carbons (Fsp3) is 0.600. The van der Waals surface area contributed by atoms with Gasteiger partial charge in [-0.3, -0.25) is 10.1 Å². The van der Waals surface area contributed by atoms with E-state index in [1.54, 1.807) is 0 Å². The van der Waals surface area contributed by atoms with E-state index in [0.29, 0.717) is 19.6 Å². The van der Waals surface area contributed by atoms with Gasteiger partial charge >= 0.3 is 5.69 Å². The molecule has 1 aromatic rings. The number of thiophene rings is 1. The lowest BCUT2D eigenvalue weighted by molar-refractivity contribution is -0.383. The highest BCUT2D eigenvalue weighted by molar-refractivity contribution is 7.91. The van der Waals surface area contributed by atoms with Crippen molar-refractivity contribution < 1.29 is 18.1 Å². The van der Waals surface area contributed by atoms with E-state index in [2.05, 4.69) is 10.0 Å². The zero-order valence-electron chi connectivity index (χ0n) is 10.8. The summed E-state index contributed by atoms with van der Waals surface area (Å²) in [5, 5.41) is 13.7. The van der Waals surface area contributed by atoms with Crippen LogP contribution >= 0.6 is 11.3 Å². The Morgan fingerprint density at radius 1 is 1.55 bits per heavy atom. The van der Waals surface area contributed by atoms with Crippen molar-refractivity contribution in [2.45, 2.75) is 23.1 Å². The summed E-state index contributed by atoms with van der Waals surface area (Å²) in [5.74, 6) is 0. The minimum Gasteiger partial charge on any atom is -0.380 e. The van der Waals surface area contributed by atoms with Crippen molar-refractivity contribution in [2.24, 2.45) is 0 Å². The molecule has 0 amide bonds. The first-order chi connectivity index (χ1) is 9.44. The van der Waals surface area contributed by atoms with Crippen LogP contribution in [-0.4, -0.2) is 39.6 Å². The van der Waals surface area contributed by atoms with Gasteiger partial charge in [-0.05, 0) is 12.8 Å². The van der Waals surface area contributed by atoms with E-state index in [-0.39, 0.29) is 20.9 Å². The van der Waals surface area contributed by atoms with Crippen molar-refractivity contribution in [3.8, 4) is 0 Å². The van der Waals surface area contributed by atoms with Crippen molar-refractivity contribution in [2.75, 3.05) is 25.6 Å². The molecular weight excluding hydrogens is 306 g/mol. The molecule has 10 heteroatoms. The van der Waals surface area contributed by atoms with Gasteiger partial charge in [0, 0.05) is 25.8 Å². The average Bonchev–Trinajstić information content (AvgIpc) is 2.84. The Hall–Kier alpha value is -1.23. The molecule has 0 spiro atoms. The highest BCUT2D eigenvalue weighted by Gasteiger charge is 2.28. The average molecular weight is 321 g/mol.